The SMILES string of the molecule is Cc1ccc([C@@H](C)NC(=O)COC(=O)c2cc(Cl)ccc2Cl)cc1. The van der Waals surface area contributed by atoms with Gasteiger partial charge in [-0.3, -0.25) is 4.79 Å². The molecule has 6 heteroatoms. The summed E-state index contributed by atoms with van der Waals surface area (Å²) in [6, 6.07) is 12.1. The largest absolute Gasteiger partial charge is 0.452 e. The molecular formula is C18H17Cl2NO3. The Balaban J connectivity index is 1.89. The van der Waals surface area contributed by atoms with E-state index in [0.717, 1.165) is 11.1 Å². The van der Waals surface area contributed by atoms with Gasteiger partial charge >= 0.3 is 5.97 Å². The van der Waals surface area contributed by atoms with Crippen molar-refractivity contribution in [2.24, 2.45) is 0 Å². The van der Waals surface area contributed by atoms with Crippen molar-refractivity contribution >= 4 is 35.1 Å². The number of amides is 1. The average molecular weight is 366 g/mol. The van der Waals surface area contributed by atoms with Crippen molar-refractivity contribution in [3.05, 3.63) is 69.2 Å². The number of ether oxygens (including phenoxy) is 1. The van der Waals surface area contributed by atoms with E-state index in [0.29, 0.717) is 5.02 Å². The maximum absolute atomic E-state index is 12.0. The van der Waals surface area contributed by atoms with Crippen molar-refractivity contribution in [3.8, 4) is 0 Å². The highest BCUT2D eigenvalue weighted by Gasteiger charge is 2.15. The molecule has 0 spiro atoms. The summed E-state index contributed by atoms with van der Waals surface area (Å²) in [5.41, 5.74) is 2.24. The quantitative estimate of drug-likeness (QED) is 0.801. The number of hydrogen-bond acceptors (Lipinski definition) is 3. The lowest BCUT2D eigenvalue weighted by molar-refractivity contribution is -0.124. The molecule has 0 aliphatic rings. The Kier molecular flexibility index (Phi) is 6.23. The molecule has 2 rings (SSSR count). The molecule has 0 radical (unpaired) electrons. The van der Waals surface area contributed by atoms with Crippen LogP contribution in [0, 0.1) is 6.92 Å². The number of halogens is 2. The Morgan fingerprint density at radius 3 is 2.46 bits per heavy atom. The number of carbonyl (C=O) groups is 2. The third kappa shape index (κ3) is 4.98. The molecule has 126 valence electrons. The zero-order valence-corrected chi connectivity index (χ0v) is 14.8. The van der Waals surface area contributed by atoms with Gasteiger partial charge in [0, 0.05) is 5.02 Å². The summed E-state index contributed by atoms with van der Waals surface area (Å²) in [7, 11) is 0. The second-order valence-electron chi connectivity index (χ2n) is 5.40. The summed E-state index contributed by atoms with van der Waals surface area (Å²) >= 11 is 11.7. The van der Waals surface area contributed by atoms with E-state index in [2.05, 4.69) is 5.32 Å². The van der Waals surface area contributed by atoms with E-state index in [9.17, 15) is 9.59 Å². The first-order valence-electron chi connectivity index (χ1n) is 7.35. The Hall–Kier alpha value is -2.04. The van der Waals surface area contributed by atoms with Crippen LogP contribution in [0.5, 0.6) is 0 Å². The van der Waals surface area contributed by atoms with Crippen molar-refractivity contribution < 1.29 is 14.3 Å². The normalized spacial score (nSPS) is 11.7. The highest BCUT2D eigenvalue weighted by atomic mass is 35.5. The summed E-state index contributed by atoms with van der Waals surface area (Å²) in [6.45, 7) is 3.46. The molecule has 24 heavy (non-hydrogen) atoms. The zero-order chi connectivity index (χ0) is 17.7. The van der Waals surface area contributed by atoms with E-state index < -0.39 is 18.5 Å². The lowest BCUT2D eigenvalue weighted by Gasteiger charge is -2.14. The Morgan fingerprint density at radius 2 is 1.79 bits per heavy atom. The van der Waals surface area contributed by atoms with Crippen LogP contribution in [0.15, 0.2) is 42.5 Å². The molecule has 0 aliphatic carbocycles. The van der Waals surface area contributed by atoms with E-state index in [1.807, 2.05) is 38.1 Å². The molecule has 1 atom stereocenters. The van der Waals surface area contributed by atoms with Crippen LogP contribution < -0.4 is 5.32 Å². The average Bonchev–Trinajstić information content (AvgIpc) is 2.55. The van der Waals surface area contributed by atoms with Gasteiger partial charge in [0.25, 0.3) is 5.91 Å². The summed E-state index contributed by atoms with van der Waals surface area (Å²) < 4.78 is 4.99. The molecule has 0 saturated carbocycles. The number of rotatable bonds is 5. The Morgan fingerprint density at radius 1 is 1.12 bits per heavy atom. The van der Waals surface area contributed by atoms with Crippen molar-refractivity contribution in [3.63, 3.8) is 0 Å². The molecule has 0 unspecified atom stereocenters. The number of benzene rings is 2. The van der Waals surface area contributed by atoms with Gasteiger partial charge < -0.3 is 10.1 Å². The number of aryl methyl sites for hydroxylation is 1. The van der Waals surface area contributed by atoms with Gasteiger partial charge in [0.15, 0.2) is 6.61 Å². The van der Waals surface area contributed by atoms with Crippen molar-refractivity contribution in [2.75, 3.05) is 6.61 Å². The third-order valence-electron chi connectivity index (χ3n) is 3.44. The molecule has 2 aromatic rings. The fraction of sp³-hybridized carbons (Fsp3) is 0.222. The van der Waals surface area contributed by atoms with Gasteiger partial charge in [-0.2, -0.15) is 0 Å². The Bertz CT molecular complexity index is 744. The minimum atomic E-state index is -0.694. The van der Waals surface area contributed by atoms with E-state index in [4.69, 9.17) is 27.9 Å². The zero-order valence-electron chi connectivity index (χ0n) is 13.3. The first-order valence-corrected chi connectivity index (χ1v) is 8.10. The van der Waals surface area contributed by atoms with Crippen LogP contribution >= 0.6 is 23.2 Å². The molecule has 0 aliphatic heterocycles. The number of esters is 1. The summed E-state index contributed by atoms with van der Waals surface area (Å²) in [6.07, 6.45) is 0. The molecule has 0 heterocycles. The lowest BCUT2D eigenvalue weighted by Crippen LogP contribution is -2.31. The first-order chi connectivity index (χ1) is 11.4. The molecule has 0 saturated heterocycles. The van der Waals surface area contributed by atoms with E-state index >= 15 is 0 Å². The van der Waals surface area contributed by atoms with Gasteiger partial charge in [-0.25, -0.2) is 4.79 Å². The van der Waals surface area contributed by atoms with Crippen molar-refractivity contribution in [1.29, 1.82) is 0 Å². The number of carbonyl (C=O) groups excluding carboxylic acids is 2. The van der Waals surface area contributed by atoms with Crippen LogP contribution in [0.2, 0.25) is 10.0 Å². The van der Waals surface area contributed by atoms with E-state index in [1.165, 1.54) is 12.1 Å². The second kappa shape index (κ2) is 8.18. The minimum absolute atomic E-state index is 0.128. The fourth-order valence-electron chi connectivity index (χ4n) is 2.08. The predicted octanol–water partition coefficient (Wildman–Crippen LogP) is 4.34. The summed E-state index contributed by atoms with van der Waals surface area (Å²) in [5.74, 6) is -1.09. The predicted molar refractivity (Wildman–Crippen MR) is 94.5 cm³/mol. The number of hydrogen-bond donors (Lipinski definition) is 1. The minimum Gasteiger partial charge on any atom is -0.452 e. The molecule has 2 aromatic carbocycles. The van der Waals surface area contributed by atoms with Gasteiger partial charge in [0.1, 0.15) is 0 Å². The monoisotopic (exact) mass is 365 g/mol. The molecule has 0 bridgehead atoms. The summed E-state index contributed by atoms with van der Waals surface area (Å²) in [5, 5.41) is 3.36. The van der Waals surface area contributed by atoms with Gasteiger partial charge in [-0.15, -0.1) is 0 Å². The van der Waals surface area contributed by atoms with Gasteiger partial charge in [-0.05, 0) is 37.6 Å². The van der Waals surface area contributed by atoms with Crippen molar-refractivity contribution in [1.82, 2.24) is 5.32 Å². The highest BCUT2D eigenvalue weighted by molar-refractivity contribution is 6.35. The molecule has 1 N–H and O–H groups in total. The molecule has 0 fully saturated rings. The molecule has 0 aromatic heterocycles. The topological polar surface area (TPSA) is 55.4 Å². The molecular weight excluding hydrogens is 349 g/mol. The van der Waals surface area contributed by atoms with Crippen LogP contribution in [-0.4, -0.2) is 18.5 Å². The second-order valence-corrected chi connectivity index (χ2v) is 6.24. The molecule has 1 amide bonds. The maximum atomic E-state index is 12.0. The van der Waals surface area contributed by atoms with Crippen LogP contribution in [-0.2, 0) is 9.53 Å². The van der Waals surface area contributed by atoms with Crippen LogP contribution in [0.3, 0.4) is 0 Å². The van der Waals surface area contributed by atoms with E-state index in [1.54, 1.807) is 6.07 Å². The first kappa shape index (κ1) is 18.3. The molecule has 4 nitrogen and oxygen atoms in total. The van der Waals surface area contributed by atoms with Gasteiger partial charge in [0.05, 0.1) is 16.6 Å². The standard InChI is InChI=1S/C18H17Cl2NO3/c1-11-3-5-13(6-4-11)12(2)21-17(22)10-24-18(23)15-9-14(19)7-8-16(15)20/h3-9,12H,10H2,1-2H3,(H,21,22)/t12-/m1/s1. The maximum Gasteiger partial charge on any atom is 0.340 e. The Labute approximate surface area is 150 Å². The smallest absolute Gasteiger partial charge is 0.340 e. The van der Waals surface area contributed by atoms with Gasteiger partial charge in [0.2, 0.25) is 0 Å². The van der Waals surface area contributed by atoms with Crippen LogP contribution in [0.1, 0.15) is 34.5 Å². The van der Waals surface area contributed by atoms with Crippen LogP contribution in [0.25, 0.3) is 0 Å². The van der Waals surface area contributed by atoms with Crippen LogP contribution in [0.4, 0.5) is 0 Å². The summed E-state index contributed by atoms with van der Waals surface area (Å²) in [4.78, 5) is 23.9. The highest BCUT2D eigenvalue weighted by Crippen LogP contribution is 2.21. The lowest BCUT2D eigenvalue weighted by atomic mass is 10.1. The van der Waals surface area contributed by atoms with Gasteiger partial charge in [-0.1, -0.05) is 53.0 Å². The fourth-order valence-corrected chi connectivity index (χ4v) is 2.45. The van der Waals surface area contributed by atoms with E-state index in [-0.39, 0.29) is 16.6 Å². The third-order valence-corrected chi connectivity index (χ3v) is 4.00. The number of nitrogens with one attached hydrogen (secondary N) is 1. The van der Waals surface area contributed by atoms with Crippen molar-refractivity contribution in [2.45, 2.75) is 19.9 Å².